The minimum Gasteiger partial charge on any atom is -0.367 e. The lowest BCUT2D eigenvalue weighted by atomic mass is 9.74. The number of hydrogen-bond acceptors (Lipinski definition) is 7. The molecule has 2 aliphatic rings. The van der Waals surface area contributed by atoms with Gasteiger partial charge in [-0.2, -0.15) is 9.36 Å². The van der Waals surface area contributed by atoms with Crippen molar-refractivity contribution >= 4 is 53.3 Å². The Hall–Kier alpha value is -0.830. The van der Waals surface area contributed by atoms with Gasteiger partial charge in [0.2, 0.25) is 17.0 Å². The lowest BCUT2D eigenvalue weighted by Crippen LogP contribution is -2.57. The molecule has 2 fully saturated rings. The summed E-state index contributed by atoms with van der Waals surface area (Å²) >= 11 is 1.31. The van der Waals surface area contributed by atoms with Gasteiger partial charge in [-0.25, -0.2) is 0 Å². The van der Waals surface area contributed by atoms with Crippen LogP contribution in [0.4, 0.5) is 11.1 Å². The van der Waals surface area contributed by atoms with Crippen LogP contribution >= 0.6 is 36.3 Å². The van der Waals surface area contributed by atoms with Crippen molar-refractivity contribution in [1.82, 2.24) is 14.3 Å². The quantitative estimate of drug-likeness (QED) is 0.785. The van der Waals surface area contributed by atoms with Crippen LogP contribution in [-0.2, 0) is 4.79 Å². The maximum atomic E-state index is 12.8. The van der Waals surface area contributed by atoms with Gasteiger partial charge in [-0.05, 0) is 19.8 Å². The summed E-state index contributed by atoms with van der Waals surface area (Å²) in [6.45, 7) is 4.99. The minimum atomic E-state index is -0.361. The molecule has 10 heteroatoms. The van der Waals surface area contributed by atoms with Crippen molar-refractivity contribution < 1.29 is 4.79 Å². The Labute approximate surface area is 159 Å². The van der Waals surface area contributed by atoms with Gasteiger partial charge >= 0.3 is 0 Å². The molecule has 2 heterocycles. The van der Waals surface area contributed by atoms with E-state index >= 15 is 0 Å². The van der Waals surface area contributed by atoms with E-state index in [-0.39, 0.29) is 42.2 Å². The first-order valence-corrected chi connectivity index (χ1v) is 8.66. The fourth-order valence-electron chi connectivity index (χ4n) is 3.46. The second-order valence-corrected chi connectivity index (χ2v) is 7.28. The Morgan fingerprint density at radius 1 is 1.25 bits per heavy atom. The second-order valence-electron chi connectivity index (χ2n) is 6.55. The fourth-order valence-corrected chi connectivity index (χ4v) is 4.11. The molecule has 7 nitrogen and oxygen atoms in total. The van der Waals surface area contributed by atoms with Crippen LogP contribution in [0, 0.1) is 5.92 Å². The third kappa shape index (κ3) is 4.41. The fraction of sp³-hybridized carbons (Fsp3) is 0.786. The molecular weight excluding hydrogens is 371 g/mol. The first-order valence-electron chi connectivity index (χ1n) is 7.89. The summed E-state index contributed by atoms with van der Waals surface area (Å²) < 4.78 is 4.01. The van der Waals surface area contributed by atoms with Crippen LogP contribution in [0.2, 0.25) is 0 Å². The number of hydrogen-bond donors (Lipinski definition) is 2. The number of nitrogen functional groups attached to an aromatic ring is 1. The average Bonchev–Trinajstić information content (AvgIpc) is 2.93. The van der Waals surface area contributed by atoms with Crippen molar-refractivity contribution in [3.05, 3.63) is 0 Å². The molecule has 1 saturated carbocycles. The molecule has 138 valence electrons. The van der Waals surface area contributed by atoms with E-state index in [1.807, 2.05) is 11.8 Å². The minimum absolute atomic E-state index is 0. The highest BCUT2D eigenvalue weighted by molar-refractivity contribution is 7.09. The molecule has 1 saturated heterocycles. The molecule has 2 unspecified atom stereocenters. The summed E-state index contributed by atoms with van der Waals surface area (Å²) in [5.41, 5.74) is 11.6. The van der Waals surface area contributed by atoms with Crippen LogP contribution in [0.3, 0.4) is 0 Å². The van der Waals surface area contributed by atoms with E-state index in [4.69, 9.17) is 11.5 Å². The van der Waals surface area contributed by atoms with Crippen molar-refractivity contribution in [1.29, 1.82) is 0 Å². The van der Waals surface area contributed by atoms with Gasteiger partial charge in [0.05, 0.1) is 5.92 Å². The van der Waals surface area contributed by atoms with Gasteiger partial charge in [-0.15, -0.1) is 24.8 Å². The first-order chi connectivity index (χ1) is 10.5. The molecule has 0 spiro atoms. The summed E-state index contributed by atoms with van der Waals surface area (Å²) in [7, 11) is 0. The van der Waals surface area contributed by atoms with E-state index in [1.165, 1.54) is 11.5 Å². The van der Waals surface area contributed by atoms with Gasteiger partial charge in [0.25, 0.3) is 0 Å². The summed E-state index contributed by atoms with van der Waals surface area (Å²) in [4.78, 5) is 21.1. The van der Waals surface area contributed by atoms with Gasteiger partial charge in [0.15, 0.2) is 0 Å². The summed E-state index contributed by atoms with van der Waals surface area (Å²) in [6.07, 6.45) is 4.09. The SMILES string of the molecule is CC1(N)CCCCC1C(=O)N1CCN(c2nc(N)ns2)CC1.Cl.Cl. The van der Waals surface area contributed by atoms with E-state index in [0.717, 1.165) is 43.9 Å². The number of nitrogens with two attached hydrogens (primary N) is 2. The van der Waals surface area contributed by atoms with Crippen LogP contribution in [-0.4, -0.2) is 51.9 Å². The molecule has 1 amide bonds. The van der Waals surface area contributed by atoms with Crippen LogP contribution in [0.1, 0.15) is 32.6 Å². The molecule has 1 aromatic rings. The Morgan fingerprint density at radius 3 is 2.46 bits per heavy atom. The largest absolute Gasteiger partial charge is 0.367 e. The van der Waals surface area contributed by atoms with Crippen molar-refractivity contribution in [3.8, 4) is 0 Å². The van der Waals surface area contributed by atoms with Crippen molar-refractivity contribution in [3.63, 3.8) is 0 Å². The molecular formula is C14H26Cl2N6OS. The summed E-state index contributed by atoms with van der Waals surface area (Å²) in [6, 6.07) is 0. The monoisotopic (exact) mass is 396 g/mol. The molecule has 4 N–H and O–H groups in total. The smallest absolute Gasteiger partial charge is 0.233 e. The number of aromatic nitrogens is 2. The third-order valence-electron chi connectivity index (χ3n) is 4.85. The van der Waals surface area contributed by atoms with Crippen LogP contribution < -0.4 is 16.4 Å². The standard InChI is InChI=1S/C14H24N6OS.2ClH/c1-14(16)5-3-2-4-10(14)11(21)19-6-8-20(9-7-19)13-17-12(15)18-22-13;;/h10H,2-9,16H2,1H3,(H2,15,18);2*1H. The number of halogens is 2. The normalized spacial score (nSPS) is 27.2. The molecule has 1 aromatic heterocycles. The number of carbonyl (C=O) groups excluding carboxylic acids is 1. The van der Waals surface area contributed by atoms with E-state index in [0.29, 0.717) is 19.0 Å². The number of amides is 1. The van der Waals surface area contributed by atoms with E-state index in [9.17, 15) is 4.79 Å². The molecule has 1 aliphatic heterocycles. The third-order valence-corrected chi connectivity index (χ3v) is 5.64. The zero-order valence-electron chi connectivity index (χ0n) is 13.8. The lowest BCUT2D eigenvalue weighted by molar-refractivity contribution is -0.139. The zero-order chi connectivity index (χ0) is 15.7. The van der Waals surface area contributed by atoms with Crippen molar-refractivity contribution in [2.45, 2.75) is 38.1 Å². The highest BCUT2D eigenvalue weighted by Crippen LogP contribution is 2.33. The Balaban J connectivity index is 0.00000144. The van der Waals surface area contributed by atoms with E-state index in [2.05, 4.69) is 14.3 Å². The van der Waals surface area contributed by atoms with E-state index in [1.54, 1.807) is 0 Å². The van der Waals surface area contributed by atoms with E-state index < -0.39 is 0 Å². The molecule has 3 rings (SSSR count). The van der Waals surface area contributed by atoms with Gasteiger partial charge in [0.1, 0.15) is 0 Å². The molecule has 2 atom stereocenters. The van der Waals surface area contributed by atoms with Gasteiger partial charge in [0, 0.05) is 43.3 Å². The maximum absolute atomic E-state index is 12.8. The predicted octanol–water partition coefficient (Wildman–Crippen LogP) is 1.52. The Bertz CT molecular complexity index is 547. The van der Waals surface area contributed by atoms with Gasteiger partial charge < -0.3 is 21.3 Å². The number of rotatable bonds is 2. The lowest BCUT2D eigenvalue weighted by Gasteiger charge is -2.42. The summed E-state index contributed by atoms with van der Waals surface area (Å²) in [5, 5.41) is 0.839. The second kappa shape index (κ2) is 8.51. The van der Waals surface area contributed by atoms with Crippen molar-refractivity contribution in [2.75, 3.05) is 36.8 Å². The molecule has 24 heavy (non-hydrogen) atoms. The number of piperazine rings is 1. The zero-order valence-corrected chi connectivity index (χ0v) is 16.3. The Kier molecular flexibility index (Phi) is 7.52. The number of carbonyl (C=O) groups is 1. The molecule has 0 aromatic carbocycles. The number of nitrogens with zero attached hydrogens (tertiary/aromatic N) is 4. The topological polar surface area (TPSA) is 101 Å². The van der Waals surface area contributed by atoms with Crippen LogP contribution in [0.5, 0.6) is 0 Å². The van der Waals surface area contributed by atoms with Crippen LogP contribution in [0.25, 0.3) is 0 Å². The molecule has 1 aliphatic carbocycles. The summed E-state index contributed by atoms with van der Waals surface area (Å²) in [5.74, 6) is 0.505. The highest BCUT2D eigenvalue weighted by atomic mass is 35.5. The van der Waals surface area contributed by atoms with Crippen molar-refractivity contribution in [2.24, 2.45) is 11.7 Å². The predicted molar refractivity (Wildman–Crippen MR) is 102 cm³/mol. The number of anilines is 2. The Morgan fingerprint density at radius 2 is 1.92 bits per heavy atom. The van der Waals surface area contributed by atoms with Crippen LogP contribution in [0.15, 0.2) is 0 Å². The van der Waals surface area contributed by atoms with Gasteiger partial charge in [-0.1, -0.05) is 12.8 Å². The van der Waals surface area contributed by atoms with Gasteiger partial charge in [-0.3, -0.25) is 4.79 Å². The average molecular weight is 397 g/mol. The molecule has 0 radical (unpaired) electrons. The first kappa shape index (κ1) is 21.2. The highest BCUT2D eigenvalue weighted by Gasteiger charge is 2.40. The molecule has 0 bridgehead atoms. The maximum Gasteiger partial charge on any atom is 0.233 e.